The molecule has 23 heavy (non-hydrogen) atoms. The molecule has 2 N–H and O–H groups in total. The maximum atomic E-state index is 11.8. The lowest BCUT2D eigenvalue weighted by Gasteiger charge is -2.26. The molecule has 1 rings (SSSR count). The number of hydrogen-bond acceptors (Lipinski definition) is 4. The van der Waals surface area contributed by atoms with Crippen LogP contribution in [0.25, 0.3) is 0 Å². The third-order valence-corrected chi connectivity index (χ3v) is 3.13. The number of aliphatic carboxylic acids is 1. The third kappa shape index (κ3) is 7.65. The van der Waals surface area contributed by atoms with Gasteiger partial charge in [-0.1, -0.05) is 37.3 Å². The molecule has 0 saturated heterocycles. The van der Waals surface area contributed by atoms with Crippen molar-refractivity contribution < 1.29 is 19.4 Å². The van der Waals surface area contributed by atoms with Crippen LogP contribution in [0, 0.1) is 0 Å². The lowest BCUT2D eigenvalue weighted by Crippen LogP contribution is -2.49. The van der Waals surface area contributed by atoms with Gasteiger partial charge >= 0.3 is 12.1 Å². The zero-order chi connectivity index (χ0) is 17.5. The fraction of sp³-hybridized carbons (Fsp3) is 0.529. The number of nitrogens with one attached hydrogen (secondary N) is 1. The van der Waals surface area contributed by atoms with Crippen LogP contribution in [0.15, 0.2) is 30.3 Å². The first kappa shape index (κ1) is 19.0. The Morgan fingerprint density at radius 1 is 1.26 bits per heavy atom. The number of nitrogens with zero attached hydrogens (tertiary/aromatic N) is 1. The molecular weight excluding hydrogens is 296 g/mol. The number of carboxylic acid groups (broad SMARTS) is 1. The molecule has 0 saturated carbocycles. The van der Waals surface area contributed by atoms with Gasteiger partial charge in [0.2, 0.25) is 0 Å². The topological polar surface area (TPSA) is 78.9 Å². The Morgan fingerprint density at radius 3 is 2.35 bits per heavy atom. The van der Waals surface area contributed by atoms with Gasteiger partial charge in [-0.05, 0) is 32.9 Å². The number of carbonyl (C=O) groups is 2. The van der Waals surface area contributed by atoms with Crippen LogP contribution in [0.1, 0.15) is 33.3 Å². The first-order valence-electron chi connectivity index (χ1n) is 7.70. The van der Waals surface area contributed by atoms with E-state index < -0.39 is 23.7 Å². The van der Waals surface area contributed by atoms with E-state index in [0.29, 0.717) is 13.1 Å². The second-order valence-electron chi connectivity index (χ2n) is 6.35. The molecular formula is C17H26N2O4. The van der Waals surface area contributed by atoms with E-state index in [-0.39, 0.29) is 6.54 Å². The Hall–Kier alpha value is -2.08. The van der Waals surface area contributed by atoms with Crippen molar-refractivity contribution in [3.05, 3.63) is 35.9 Å². The van der Waals surface area contributed by atoms with Crippen LogP contribution in [0.2, 0.25) is 0 Å². The van der Waals surface area contributed by atoms with E-state index in [1.54, 1.807) is 20.8 Å². The van der Waals surface area contributed by atoms with E-state index >= 15 is 0 Å². The second-order valence-corrected chi connectivity index (χ2v) is 6.35. The molecule has 0 aliphatic carbocycles. The van der Waals surface area contributed by atoms with Gasteiger partial charge in [0.1, 0.15) is 11.6 Å². The normalized spacial score (nSPS) is 12.7. The minimum Gasteiger partial charge on any atom is -0.480 e. The van der Waals surface area contributed by atoms with Crippen molar-refractivity contribution in [1.82, 2.24) is 10.2 Å². The van der Waals surface area contributed by atoms with Gasteiger partial charge in [0.15, 0.2) is 0 Å². The monoisotopic (exact) mass is 322 g/mol. The average molecular weight is 322 g/mol. The van der Waals surface area contributed by atoms with Gasteiger partial charge in [-0.3, -0.25) is 4.90 Å². The lowest BCUT2D eigenvalue weighted by molar-refractivity contribution is -0.140. The highest BCUT2D eigenvalue weighted by molar-refractivity contribution is 5.80. The fourth-order valence-electron chi connectivity index (χ4n) is 2.04. The lowest BCUT2D eigenvalue weighted by atomic mass is 10.2. The summed E-state index contributed by atoms with van der Waals surface area (Å²) in [7, 11) is 0. The summed E-state index contributed by atoms with van der Waals surface area (Å²) < 4.78 is 5.12. The van der Waals surface area contributed by atoms with E-state index in [4.69, 9.17) is 4.74 Å². The first-order chi connectivity index (χ1) is 10.7. The summed E-state index contributed by atoms with van der Waals surface area (Å²) in [4.78, 5) is 25.2. The van der Waals surface area contributed by atoms with Crippen LogP contribution >= 0.6 is 0 Å². The number of likely N-dealkylation sites (N-methyl/N-ethyl adjacent to an activating group) is 1. The smallest absolute Gasteiger partial charge is 0.408 e. The first-order valence-corrected chi connectivity index (χ1v) is 7.70. The Bertz CT molecular complexity index is 511. The van der Waals surface area contributed by atoms with E-state index in [2.05, 4.69) is 5.32 Å². The fourth-order valence-corrected chi connectivity index (χ4v) is 2.04. The molecule has 0 aliphatic heterocycles. The van der Waals surface area contributed by atoms with E-state index in [9.17, 15) is 14.7 Å². The summed E-state index contributed by atoms with van der Waals surface area (Å²) in [5.74, 6) is -1.08. The summed E-state index contributed by atoms with van der Waals surface area (Å²) in [6, 6.07) is 8.77. The Labute approximate surface area is 137 Å². The molecule has 0 heterocycles. The van der Waals surface area contributed by atoms with Crippen molar-refractivity contribution in [2.24, 2.45) is 0 Å². The van der Waals surface area contributed by atoms with Crippen LogP contribution in [0.5, 0.6) is 0 Å². The third-order valence-electron chi connectivity index (χ3n) is 3.13. The molecule has 0 spiro atoms. The summed E-state index contributed by atoms with van der Waals surface area (Å²) >= 11 is 0. The van der Waals surface area contributed by atoms with Gasteiger partial charge in [0, 0.05) is 13.1 Å². The number of carboxylic acids is 1. The van der Waals surface area contributed by atoms with Crippen LogP contribution < -0.4 is 5.32 Å². The molecule has 0 radical (unpaired) electrons. The van der Waals surface area contributed by atoms with Gasteiger partial charge in [-0.25, -0.2) is 9.59 Å². The molecule has 0 aromatic heterocycles. The zero-order valence-electron chi connectivity index (χ0n) is 14.2. The van der Waals surface area contributed by atoms with E-state index in [0.717, 1.165) is 5.56 Å². The summed E-state index contributed by atoms with van der Waals surface area (Å²) in [5.41, 5.74) is 0.428. The molecule has 1 aromatic carbocycles. The Kier molecular flexibility index (Phi) is 7.03. The van der Waals surface area contributed by atoms with Crippen molar-refractivity contribution in [2.45, 2.75) is 45.9 Å². The van der Waals surface area contributed by atoms with Crippen molar-refractivity contribution >= 4 is 12.1 Å². The number of hydrogen-bond donors (Lipinski definition) is 2. The zero-order valence-corrected chi connectivity index (χ0v) is 14.2. The summed E-state index contributed by atoms with van der Waals surface area (Å²) in [5, 5.41) is 11.8. The van der Waals surface area contributed by atoms with Gasteiger partial charge < -0.3 is 15.2 Å². The van der Waals surface area contributed by atoms with Crippen molar-refractivity contribution in [3.63, 3.8) is 0 Å². The minimum atomic E-state index is -1.08. The summed E-state index contributed by atoms with van der Waals surface area (Å²) in [6.45, 7) is 8.66. The molecule has 1 atom stereocenters. The highest BCUT2D eigenvalue weighted by Gasteiger charge is 2.25. The van der Waals surface area contributed by atoms with E-state index in [1.165, 1.54) is 0 Å². The van der Waals surface area contributed by atoms with Gasteiger partial charge in [-0.15, -0.1) is 0 Å². The molecule has 0 fully saturated rings. The predicted octanol–water partition coefficient (Wildman–Crippen LogP) is 2.49. The maximum absolute atomic E-state index is 11.8. The van der Waals surface area contributed by atoms with Gasteiger partial charge in [0.05, 0.1) is 0 Å². The molecule has 0 aliphatic rings. The van der Waals surface area contributed by atoms with Crippen LogP contribution in [-0.2, 0) is 16.1 Å². The molecule has 6 heteroatoms. The van der Waals surface area contributed by atoms with Crippen molar-refractivity contribution in [2.75, 3.05) is 13.1 Å². The number of carbonyl (C=O) groups excluding carboxylic acids is 1. The average Bonchev–Trinajstić information content (AvgIpc) is 2.44. The number of ether oxygens (including phenoxy) is 1. The number of rotatable bonds is 7. The SMILES string of the molecule is CCN(Cc1ccccc1)C[C@@H](NC(=O)OC(C)(C)C)C(=O)O. The molecule has 128 valence electrons. The van der Waals surface area contributed by atoms with Crippen LogP contribution in [0.4, 0.5) is 4.79 Å². The summed E-state index contributed by atoms with van der Waals surface area (Å²) in [6.07, 6.45) is -0.722. The predicted molar refractivity (Wildman–Crippen MR) is 88.2 cm³/mol. The molecule has 6 nitrogen and oxygen atoms in total. The largest absolute Gasteiger partial charge is 0.480 e. The quantitative estimate of drug-likeness (QED) is 0.806. The van der Waals surface area contributed by atoms with Crippen LogP contribution in [0.3, 0.4) is 0 Å². The highest BCUT2D eigenvalue weighted by atomic mass is 16.6. The van der Waals surface area contributed by atoms with Gasteiger partial charge in [-0.2, -0.15) is 0 Å². The minimum absolute atomic E-state index is 0.208. The Balaban J connectivity index is 2.66. The second kappa shape index (κ2) is 8.53. The maximum Gasteiger partial charge on any atom is 0.408 e. The van der Waals surface area contributed by atoms with Crippen molar-refractivity contribution in [1.29, 1.82) is 0 Å². The molecule has 1 amide bonds. The molecule has 1 aromatic rings. The highest BCUT2D eigenvalue weighted by Crippen LogP contribution is 2.08. The van der Waals surface area contributed by atoms with Gasteiger partial charge in [0.25, 0.3) is 0 Å². The number of alkyl carbamates (subject to hydrolysis) is 1. The van der Waals surface area contributed by atoms with Crippen LogP contribution in [-0.4, -0.2) is 46.8 Å². The van der Waals surface area contributed by atoms with Crippen molar-refractivity contribution in [3.8, 4) is 0 Å². The molecule has 0 unspecified atom stereocenters. The Morgan fingerprint density at radius 2 is 1.87 bits per heavy atom. The number of amides is 1. The molecule has 0 bridgehead atoms. The standard InChI is InChI=1S/C17H26N2O4/c1-5-19(11-13-9-7-6-8-10-13)12-14(15(20)21)18-16(22)23-17(2,3)4/h6-10,14H,5,11-12H2,1-4H3,(H,18,22)(H,20,21)/t14-/m1/s1. The van der Waals surface area contributed by atoms with E-state index in [1.807, 2.05) is 42.2 Å². The number of benzene rings is 1.